The fourth-order valence-corrected chi connectivity index (χ4v) is 7.12. The zero-order valence-electron chi connectivity index (χ0n) is 11.2. The van der Waals surface area contributed by atoms with Crippen molar-refractivity contribution >= 4 is 95.6 Å². The van der Waals surface area contributed by atoms with Crippen LogP contribution >= 0.6 is 95.6 Å². The Morgan fingerprint density at radius 2 is 1.52 bits per heavy atom. The molecular weight excluding hydrogens is 664 g/mol. The first-order valence-corrected chi connectivity index (χ1v) is 11.8. The van der Waals surface area contributed by atoms with E-state index in [1.165, 1.54) is 12.0 Å². The maximum atomic E-state index is 10.4. The Balaban J connectivity index is 2.52. The molecule has 1 N–H and O–H groups in total. The largest absolute Gasteiger partial charge is 0.512 e. The van der Waals surface area contributed by atoms with Gasteiger partial charge in [0.2, 0.25) is 0 Å². The van der Waals surface area contributed by atoms with Gasteiger partial charge in [-0.3, -0.25) is 0 Å². The second-order valence-corrected chi connectivity index (χ2v) is 14.4. The van der Waals surface area contributed by atoms with Gasteiger partial charge in [0.05, 0.1) is 5.76 Å². The number of hydrogen-bond acceptors (Lipinski definition) is 1. The topological polar surface area (TPSA) is 20.2 Å². The molecule has 0 aromatic rings. The minimum Gasteiger partial charge on any atom is -0.512 e. The summed E-state index contributed by atoms with van der Waals surface area (Å²) < 4.78 is 0.162. The lowest BCUT2D eigenvalue weighted by molar-refractivity contribution is 0.380. The summed E-state index contributed by atoms with van der Waals surface area (Å²) in [6.07, 6.45) is 7.06. The Hall–Kier alpha value is 2.16. The smallest absolute Gasteiger partial charge is 0.138 e. The Bertz CT molecular complexity index is 480. The molecule has 1 atom stereocenters. The molecule has 0 aliphatic heterocycles. The molecule has 0 aromatic heterocycles. The lowest BCUT2D eigenvalue weighted by Gasteiger charge is -2.36. The molecule has 2 aliphatic rings. The molecule has 0 bridgehead atoms. The zero-order chi connectivity index (χ0) is 15.8. The van der Waals surface area contributed by atoms with Crippen molar-refractivity contribution in [2.24, 2.45) is 0 Å². The predicted molar refractivity (Wildman–Crippen MR) is 112 cm³/mol. The number of alkyl halides is 5. The van der Waals surface area contributed by atoms with E-state index in [4.69, 9.17) is 0 Å². The van der Waals surface area contributed by atoms with Crippen LogP contribution < -0.4 is 0 Å². The standard InChI is InChI=1S/C14H16Br6O/c15-11-7-6-9(8-4-2-1-3-5-10(8)21)12(16)14(19,20)13(11,17)18/h11,21H,1-7H2. The minimum atomic E-state index is -0.493. The zero-order valence-corrected chi connectivity index (χ0v) is 20.8. The average molecular weight is 680 g/mol. The highest BCUT2D eigenvalue weighted by atomic mass is 79.9. The van der Waals surface area contributed by atoms with Gasteiger partial charge in [-0.2, -0.15) is 0 Å². The van der Waals surface area contributed by atoms with Crippen molar-refractivity contribution in [2.75, 3.05) is 0 Å². The van der Waals surface area contributed by atoms with Crippen LogP contribution in [0.1, 0.15) is 44.9 Å². The van der Waals surface area contributed by atoms with E-state index in [0.717, 1.165) is 48.6 Å². The lowest BCUT2D eigenvalue weighted by atomic mass is 9.96. The molecule has 1 unspecified atom stereocenters. The van der Waals surface area contributed by atoms with E-state index < -0.39 is 3.23 Å². The van der Waals surface area contributed by atoms with Crippen molar-refractivity contribution in [1.82, 2.24) is 0 Å². The van der Waals surface area contributed by atoms with Crippen LogP contribution in [0.5, 0.6) is 0 Å². The van der Waals surface area contributed by atoms with Gasteiger partial charge >= 0.3 is 0 Å². The SMILES string of the molecule is OC1=C(C2=C(Br)C(Br)(Br)C(Br)(Br)C(Br)CC2)CCCCC1. The van der Waals surface area contributed by atoms with Crippen LogP contribution in [0.25, 0.3) is 0 Å². The number of hydrogen-bond donors (Lipinski definition) is 1. The number of allylic oxidation sites excluding steroid dienone is 4. The summed E-state index contributed by atoms with van der Waals surface area (Å²) >= 11 is 22.7. The Labute approximate surface area is 176 Å². The first-order chi connectivity index (χ1) is 9.69. The van der Waals surface area contributed by atoms with Gasteiger partial charge in [-0.1, -0.05) is 102 Å². The number of halogens is 6. The van der Waals surface area contributed by atoms with Crippen LogP contribution in [0.3, 0.4) is 0 Å². The van der Waals surface area contributed by atoms with Crippen molar-refractivity contribution in [3.63, 3.8) is 0 Å². The third kappa shape index (κ3) is 3.88. The van der Waals surface area contributed by atoms with Crippen molar-refractivity contribution in [3.8, 4) is 0 Å². The van der Waals surface area contributed by atoms with Gasteiger partial charge in [-0.05, 0) is 43.3 Å². The van der Waals surface area contributed by atoms with Crippen LogP contribution in [0, 0.1) is 0 Å². The van der Waals surface area contributed by atoms with E-state index in [1.807, 2.05) is 0 Å². The number of rotatable bonds is 1. The second kappa shape index (κ2) is 7.59. The highest BCUT2D eigenvalue weighted by molar-refractivity contribution is 9.31. The minimum absolute atomic E-state index is 0.224. The Morgan fingerprint density at radius 3 is 2.19 bits per heavy atom. The third-order valence-corrected chi connectivity index (χ3v) is 15.0. The molecule has 0 heterocycles. The molecule has 21 heavy (non-hydrogen) atoms. The summed E-state index contributed by atoms with van der Waals surface area (Å²) in [6, 6.07) is 0. The van der Waals surface area contributed by atoms with Gasteiger partial charge < -0.3 is 5.11 Å². The molecule has 120 valence electrons. The van der Waals surface area contributed by atoms with Crippen LogP contribution in [-0.4, -0.2) is 16.4 Å². The molecule has 0 saturated carbocycles. The lowest BCUT2D eigenvalue weighted by Crippen LogP contribution is -2.41. The number of aliphatic hydroxyl groups excluding tert-OH is 1. The van der Waals surface area contributed by atoms with E-state index in [1.54, 1.807) is 0 Å². The Morgan fingerprint density at radius 1 is 0.905 bits per heavy atom. The summed E-state index contributed by atoms with van der Waals surface area (Å²) in [7, 11) is 0. The summed E-state index contributed by atoms with van der Waals surface area (Å²) in [5.41, 5.74) is 2.34. The van der Waals surface area contributed by atoms with E-state index in [0.29, 0.717) is 5.76 Å². The van der Waals surface area contributed by atoms with E-state index in [2.05, 4.69) is 95.6 Å². The van der Waals surface area contributed by atoms with Crippen LogP contribution in [-0.2, 0) is 0 Å². The molecule has 0 aromatic carbocycles. The summed E-state index contributed by atoms with van der Waals surface area (Å²) in [5.74, 6) is 0.568. The summed E-state index contributed by atoms with van der Waals surface area (Å²) in [4.78, 5) is 0.224. The van der Waals surface area contributed by atoms with Crippen LogP contribution in [0.2, 0.25) is 0 Å². The van der Waals surface area contributed by atoms with Crippen molar-refractivity contribution < 1.29 is 5.11 Å². The molecule has 0 amide bonds. The molecule has 0 fully saturated rings. The molecule has 1 nitrogen and oxygen atoms in total. The van der Waals surface area contributed by atoms with Crippen LogP contribution in [0.15, 0.2) is 21.4 Å². The molecule has 0 saturated heterocycles. The van der Waals surface area contributed by atoms with Gasteiger partial charge in [0.1, 0.15) is 6.47 Å². The molecule has 0 spiro atoms. The Kier molecular flexibility index (Phi) is 7.04. The second-order valence-electron chi connectivity index (χ2n) is 5.48. The van der Waals surface area contributed by atoms with E-state index in [-0.39, 0.29) is 8.06 Å². The monoisotopic (exact) mass is 674 g/mol. The molecular formula is C14H16Br6O. The van der Waals surface area contributed by atoms with Crippen molar-refractivity contribution in [1.29, 1.82) is 0 Å². The molecule has 2 rings (SSSR count). The summed E-state index contributed by atoms with van der Waals surface area (Å²) in [5, 5.41) is 10.4. The van der Waals surface area contributed by atoms with Crippen LogP contribution in [0.4, 0.5) is 0 Å². The van der Waals surface area contributed by atoms with E-state index >= 15 is 0 Å². The fourth-order valence-electron chi connectivity index (χ4n) is 2.77. The maximum absolute atomic E-state index is 10.4. The first kappa shape index (κ1) is 19.5. The van der Waals surface area contributed by atoms with Gasteiger partial charge in [-0.15, -0.1) is 0 Å². The van der Waals surface area contributed by atoms with Gasteiger partial charge in [0.15, 0.2) is 0 Å². The van der Waals surface area contributed by atoms with Crippen molar-refractivity contribution in [3.05, 3.63) is 21.4 Å². The highest BCUT2D eigenvalue weighted by Crippen LogP contribution is 2.61. The number of aliphatic hydroxyl groups is 1. The quantitative estimate of drug-likeness (QED) is 0.279. The maximum Gasteiger partial charge on any atom is 0.138 e. The van der Waals surface area contributed by atoms with E-state index in [9.17, 15) is 5.11 Å². The van der Waals surface area contributed by atoms with Gasteiger partial charge in [-0.25, -0.2) is 0 Å². The summed E-state index contributed by atoms with van der Waals surface area (Å²) in [6.45, 7) is 0. The molecule has 2 aliphatic carbocycles. The fraction of sp³-hybridized carbons (Fsp3) is 0.714. The molecule has 0 radical (unpaired) electrons. The first-order valence-electron chi connectivity index (χ1n) is 6.89. The molecule has 7 heteroatoms. The van der Waals surface area contributed by atoms with Gasteiger partial charge in [0.25, 0.3) is 0 Å². The average Bonchev–Trinajstić information content (AvgIpc) is 2.65. The normalized spacial score (nSPS) is 30.1. The predicted octanol–water partition coefficient (Wildman–Crippen LogP) is 7.94. The van der Waals surface area contributed by atoms with Gasteiger partial charge in [0, 0.05) is 15.7 Å². The van der Waals surface area contributed by atoms with Crippen molar-refractivity contribution in [2.45, 2.75) is 56.2 Å². The highest BCUT2D eigenvalue weighted by Gasteiger charge is 2.53. The third-order valence-electron chi connectivity index (χ3n) is 4.05.